The Morgan fingerprint density at radius 2 is 1.94 bits per heavy atom. The van der Waals surface area contributed by atoms with E-state index in [1.54, 1.807) is 6.92 Å². The summed E-state index contributed by atoms with van der Waals surface area (Å²) >= 11 is 0. The van der Waals surface area contributed by atoms with Gasteiger partial charge in [0.25, 0.3) is 0 Å². The van der Waals surface area contributed by atoms with Crippen LogP contribution < -0.4 is 10.0 Å². The number of carbonyl (C=O) groups excluding carboxylic acids is 1. The van der Waals surface area contributed by atoms with Crippen LogP contribution in [0.25, 0.3) is 0 Å². The van der Waals surface area contributed by atoms with Crippen molar-refractivity contribution in [1.29, 1.82) is 0 Å². The largest absolute Gasteiger partial charge is 0.480 e. The molecule has 0 aliphatic heterocycles. The molecule has 0 heterocycles. The summed E-state index contributed by atoms with van der Waals surface area (Å²) in [5.74, 6) is -1.36. The topological polar surface area (TPSA) is 116 Å². The molecule has 1 unspecified atom stereocenters. The van der Waals surface area contributed by atoms with E-state index in [1.807, 2.05) is 0 Å². The van der Waals surface area contributed by atoms with Gasteiger partial charge in [-0.1, -0.05) is 6.92 Å². The number of carboxylic acids is 1. The number of sulfonamides is 1. The zero-order chi connectivity index (χ0) is 14.3. The molecule has 8 nitrogen and oxygen atoms in total. The molecule has 106 valence electrons. The molecule has 0 radical (unpaired) electrons. The molecule has 3 N–H and O–H groups in total. The maximum atomic E-state index is 11.6. The van der Waals surface area contributed by atoms with Crippen molar-refractivity contribution < 1.29 is 23.1 Å². The zero-order valence-electron chi connectivity index (χ0n) is 10.6. The van der Waals surface area contributed by atoms with Gasteiger partial charge < -0.3 is 15.3 Å². The van der Waals surface area contributed by atoms with E-state index >= 15 is 0 Å². The lowest BCUT2D eigenvalue weighted by molar-refractivity contribution is -0.141. The third-order valence-corrected chi connectivity index (χ3v) is 3.78. The summed E-state index contributed by atoms with van der Waals surface area (Å²) in [4.78, 5) is 23.4. The SMILES string of the molecule is CCC(C(=O)O)N(C)C(=O)NCCS(=O)(=O)NC. The van der Waals surface area contributed by atoms with Crippen molar-refractivity contribution in [1.82, 2.24) is 14.9 Å². The molecule has 0 aromatic rings. The van der Waals surface area contributed by atoms with Gasteiger partial charge in [-0.25, -0.2) is 22.7 Å². The smallest absolute Gasteiger partial charge is 0.326 e. The van der Waals surface area contributed by atoms with E-state index in [-0.39, 0.29) is 18.7 Å². The molecule has 0 saturated heterocycles. The number of rotatable bonds is 7. The lowest BCUT2D eigenvalue weighted by atomic mass is 10.2. The number of carboxylic acid groups (broad SMARTS) is 1. The fraction of sp³-hybridized carbons (Fsp3) is 0.778. The summed E-state index contributed by atoms with van der Waals surface area (Å²) in [6, 6.07) is -1.54. The van der Waals surface area contributed by atoms with E-state index < -0.39 is 28.1 Å². The third-order valence-electron chi connectivity index (χ3n) is 2.42. The quantitative estimate of drug-likeness (QED) is 0.556. The fourth-order valence-electron chi connectivity index (χ4n) is 1.27. The molecule has 0 aliphatic rings. The Labute approximate surface area is 106 Å². The van der Waals surface area contributed by atoms with Crippen molar-refractivity contribution in [3.63, 3.8) is 0 Å². The van der Waals surface area contributed by atoms with E-state index in [0.29, 0.717) is 0 Å². The highest BCUT2D eigenvalue weighted by atomic mass is 32.2. The van der Waals surface area contributed by atoms with Gasteiger partial charge in [-0.05, 0) is 13.5 Å². The first kappa shape index (κ1) is 16.6. The number of carbonyl (C=O) groups is 2. The minimum absolute atomic E-state index is 0.0810. The van der Waals surface area contributed by atoms with Gasteiger partial charge in [0.15, 0.2) is 0 Å². The molecule has 0 aromatic carbocycles. The van der Waals surface area contributed by atoms with E-state index in [0.717, 1.165) is 4.90 Å². The Morgan fingerprint density at radius 1 is 1.39 bits per heavy atom. The summed E-state index contributed by atoms with van der Waals surface area (Å²) in [5.41, 5.74) is 0. The van der Waals surface area contributed by atoms with E-state index in [4.69, 9.17) is 5.11 Å². The minimum atomic E-state index is -3.38. The predicted octanol–water partition coefficient (Wildman–Crippen LogP) is -0.960. The van der Waals surface area contributed by atoms with Crippen LogP contribution in [0.1, 0.15) is 13.3 Å². The molecule has 0 bridgehead atoms. The molecule has 0 saturated carbocycles. The first-order valence-corrected chi connectivity index (χ1v) is 7.05. The van der Waals surface area contributed by atoms with Gasteiger partial charge in [0.2, 0.25) is 10.0 Å². The van der Waals surface area contributed by atoms with Crippen LogP contribution in [-0.2, 0) is 14.8 Å². The van der Waals surface area contributed by atoms with Crippen LogP contribution in [0.15, 0.2) is 0 Å². The van der Waals surface area contributed by atoms with Crippen LogP contribution in [0.5, 0.6) is 0 Å². The Hall–Kier alpha value is -1.35. The lowest BCUT2D eigenvalue weighted by Gasteiger charge is -2.23. The van der Waals surface area contributed by atoms with E-state index in [2.05, 4.69) is 10.0 Å². The van der Waals surface area contributed by atoms with Gasteiger partial charge in [0.1, 0.15) is 6.04 Å². The van der Waals surface area contributed by atoms with Crippen molar-refractivity contribution in [2.45, 2.75) is 19.4 Å². The standard InChI is InChI=1S/C9H19N3O5S/c1-4-7(8(13)14)12(3)9(15)11-5-6-18(16,17)10-2/h7,10H,4-6H2,1-3H3,(H,11,15)(H,13,14). The molecule has 0 aromatic heterocycles. The molecule has 18 heavy (non-hydrogen) atoms. The molecule has 0 fully saturated rings. The Morgan fingerprint density at radius 3 is 2.33 bits per heavy atom. The lowest BCUT2D eigenvalue weighted by Crippen LogP contribution is -2.48. The van der Waals surface area contributed by atoms with Crippen molar-refractivity contribution in [2.24, 2.45) is 0 Å². The Balaban J connectivity index is 4.29. The molecule has 0 rings (SSSR count). The van der Waals surface area contributed by atoms with Gasteiger partial charge in [0.05, 0.1) is 5.75 Å². The number of hydrogen-bond donors (Lipinski definition) is 3. The van der Waals surface area contributed by atoms with Crippen molar-refractivity contribution in [3.05, 3.63) is 0 Å². The molecule has 9 heteroatoms. The summed E-state index contributed by atoms with van der Waals surface area (Å²) < 4.78 is 24.3. The zero-order valence-corrected chi connectivity index (χ0v) is 11.5. The third kappa shape index (κ3) is 5.32. The second kappa shape index (κ2) is 7.17. The Bertz CT molecular complexity index is 395. The second-order valence-corrected chi connectivity index (χ2v) is 5.67. The normalized spacial score (nSPS) is 12.8. The first-order chi connectivity index (χ1) is 8.25. The van der Waals surface area contributed by atoms with Gasteiger partial charge in [-0.2, -0.15) is 0 Å². The monoisotopic (exact) mass is 281 g/mol. The number of aliphatic carboxylic acids is 1. The molecular formula is C9H19N3O5S. The summed E-state index contributed by atoms with van der Waals surface area (Å²) in [6.45, 7) is 1.57. The van der Waals surface area contributed by atoms with E-state index in [9.17, 15) is 18.0 Å². The number of nitrogens with one attached hydrogen (secondary N) is 2. The minimum Gasteiger partial charge on any atom is -0.480 e. The van der Waals surface area contributed by atoms with Crippen LogP contribution in [-0.4, -0.2) is 62.9 Å². The molecular weight excluding hydrogens is 262 g/mol. The summed E-state index contributed by atoms with van der Waals surface area (Å²) in [5, 5.41) is 11.2. The highest BCUT2D eigenvalue weighted by Crippen LogP contribution is 2.01. The molecule has 0 aliphatic carbocycles. The number of urea groups is 1. The number of likely N-dealkylation sites (N-methyl/N-ethyl adjacent to an activating group) is 1. The van der Waals surface area contributed by atoms with Crippen LogP contribution in [0.2, 0.25) is 0 Å². The summed E-state index contributed by atoms with van der Waals surface area (Å²) in [6.07, 6.45) is 0.272. The maximum absolute atomic E-state index is 11.6. The number of nitrogens with zero attached hydrogens (tertiary/aromatic N) is 1. The molecule has 1 atom stereocenters. The van der Waals surface area contributed by atoms with Crippen molar-refractivity contribution in [3.8, 4) is 0 Å². The average molecular weight is 281 g/mol. The average Bonchev–Trinajstić information content (AvgIpc) is 2.28. The fourth-order valence-corrected chi connectivity index (χ4v) is 1.85. The first-order valence-electron chi connectivity index (χ1n) is 5.39. The van der Waals surface area contributed by atoms with Crippen LogP contribution in [0.4, 0.5) is 4.79 Å². The molecule has 2 amide bonds. The van der Waals surface area contributed by atoms with Crippen LogP contribution in [0, 0.1) is 0 Å². The molecule has 0 spiro atoms. The number of hydrogen-bond acceptors (Lipinski definition) is 4. The van der Waals surface area contributed by atoms with Crippen molar-refractivity contribution >= 4 is 22.0 Å². The van der Waals surface area contributed by atoms with Crippen LogP contribution in [0.3, 0.4) is 0 Å². The van der Waals surface area contributed by atoms with E-state index in [1.165, 1.54) is 14.1 Å². The van der Waals surface area contributed by atoms with Gasteiger partial charge in [0, 0.05) is 13.6 Å². The highest BCUT2D eigenvalue weighted by molar-refractivity contribution is 7.89. The van der Waals surface area contributed by atoms with Crippen molar-refractivity contribution in [2.75, 3.05) is 26.4 Å². The van der Waals surface area contributed by atoms with Gasteiger partial charge in [-0.15, -0.1) is 0 Å². The predicted molar refractivity (Wildman–Crippen MR) is 65.7 cm³/mol. The van der Waals surface area contributed by atoms with Gasteiger partial charge in [-0.3, -0.25) is 0 Å². The number of amides is 2. The van der Waals surface area contributed by atoms with Gasteiger partial charge >= 0.3 is 12.0 Å². The highest BCUT2D eigenvalue weighted by Gasteiger charge is 2.24. The second-order valence-electron chi connectivity index (χ2n) is 3.63. The van der Waals surface area contributed by atoms with Crippen LogP contribution >= 0.6 is 0 Å². The Kier molecular flexibility index (Phi) is 6.63. The maximum Gasteiger partial charge on any atom is 0.326 e. The summed E-state index contributed by atoms with van der Waals surface area (Å²) in [7, 11) is -0.753.